The van der Waals surface area contributed by atoms with E-state index in [9.17, 15) is 19.5 Å². The predicted molar refractivity (Wildman–Crippen MR) is 36.7 cm³/mol. The Labute approximate surface area is 89.6 Å². The maximum Gasteiger partial charge on any atom is 1.00 e. The zero-order chi connectivity index (χ0) is 10.4. The predicted octanol–water partition coefficient (Wildman–Crippen LogP) is -2.75. The minimum Gasteiger partial charge on any atom is -0.548 e. The molecule has 0 rings (SSSR count). The van der Waals surface area contributed by atoms with E-state index >= 15 is 0 Å². The van der Waals surface area contributed by atoms with Crippen molar-refractivity contribution in [2.24, 2.45) is 0 Å². The minimum atomic E-state index is -1.64. The van der Waals surface area contributed by atoms with Gasteiger partial charge in [0.15, 0.2) is 0 Å². The summed E-state index contributed by atoms with van der Waals surface area (Å²) in [4.78, 5) is 30.3. The van der Waals surface area contributed by atoms with Gasteiger partial charge in [0.2, 0.25) is 0 Å². The third-order valence-electron chi connectivity index (χ3n) is 1.16. The molecule has 0 aliphatic heterocycles. The number of carbonyl (C=O) groups excluding carboxylic acids is 1. The number of carbonyl (C=O) groups is 3. The van der Waals surface area contributed by atoms with Gasteiger partial charge in [0.05, 0.1) is 25.0 Å². The molecule has 84 valence electrons. The summed E-state index contributed by atoms with van der Waals surface area (Å²) in [6.07, 6.45) is -0.713. The molecule has 0 amide bonds. The first-order valence-electron chi connectivity index (χ1n) is 3.31. The van der Waals surface area contributed by atoms with Crippen molar-refractivity contribution >= 4 is 17.9 Å². The third-order valence-corrected chi connectivity index (χ3v) is 1.16. The average Bonchev–Trinajstić information content (AvgIpc) is 1.96. The van der Waals surface area contributed by atoms with Crippen LogP contribution in [0.25, 0.3) is 0 Å². The van der Waals surface area contributed by atoms with Crippen LogP contribution in [0.2, 0.25) is 0 Å². The molecule has 0 saturated carbocycles. The van der Waals surface area contributed by atoms with Crippen molar-refractivity contribution in [2.75, 3.05) is 6.54 Å². The Morgan fingerprint density at radius 3 is 2.00 bits per heavy atom. The van der Waals surface area contributed by atoms with Gasteiger partial charge in [0.1, 0.15) is 0 Å². The molecule has 0 bridgehead atoms. The second-order valence-electron chi connectivity index (χ2n) is 2.24. The Balaban J connectivity index is 0. The van der Waals surface area contributed by atoms with Crippen molar-refractivity contribution in [1.29, 1.82) is 0 Å². The molecule has 0 saturated heterocycles. The van der Waals surface area contributed by atoms with E-state index in [0.717, 1.165) is 0 Å². The van der Waals surface area contributed by atoms with E-state index in [1.807, 2.05) is 5.32 Å². The largest absolute Gasteiger partial charge is 1.00 e. The maximum atomic E-state index is 10.2. The van der Waals surface area contributed by atoms with E-state index in [4.69, 9.17) is 10.2 Å². The smallest absolute Gasteiger partial charge is 0.548 e. The van der Waals surface area contributed by atoms with Crippen molar-refractivity contribution < 1.29 is 46.8 Å². The van der Waals surface area contributed by atoms with E-state index in [1.165, 1.54) is 0 Å². The average molecular weight is 254 g/mol. The molecule has 8 heteroatoms. The summed E-state index contributed by atoms with van der Waals surface area (Å²) in [7, 11) is 0. The molecule has 0 aliphatic carbocycles. The second kappa shape index (κ2) is 7.31. The van der Waals surface area contributed by atoms with Gasteiger partial charge in [-0.1, -0.05) is 0 Å². The summed E-state index contributed by atoms with van der Waals surface area (Å²) in [5.74, 6) is -4.24. The molecule has 0 unspecified atom stereocenters. The van der Waals surface area contributed by atoms with Crippen LogP contribution in [0, 0.1) is 0 Å². The molecule has 0 aromatic heterocycles. The fourth-order valence-corrected chi connectivity index (χ4v) is 0.624. The molecule has 1 atom stereocenters. The van der Waals surface area contributed by atoms with Crippen LogP contribution in [0.5, 0.6) is 0 Å². The molecule has 0 aromatic rings. The van der Waals surface area contributed by atoms with E-state index in [2.05, 4.69) is 0 Å². The Bertz CT molecular complexity index is 230. The normalized spacial score (nSPS) is 11.1. The standard InChI is InChI=1S/C6H9NO6.Cu/c8-4(9)1-3(6(12)13)7-2-5(10)11;/h3,7H,1-2H2,(H,8,9)(H,10,11)(H,12,13);/q;+1/p-1/t3-;/m0./s1. The number of carboxylic acid groups (broad SMARTS) is 3. The van der Waals surface area contributed by atoms with Crippen LogP contribution in [-0.4, -0.2) is 40.7 Å². The number of carboxylic acids is 3. The van der Waals surface area contributed by atoms with E-state index in [0.29, 0.717) is 0 Å². The summed E-state index contributed by atoms with van der Waals surface area (Å²) >= 11 is 0. The first kappa shape index (κ1) is 15.4. The van der Waals surface area contributed by atoms with Gasteiger partial charge in [-0.05, 0) is 0 Å². The van der Waals surface area contributed by atoms with Gasteiger partial charge < -0.3 is 20.1 Å². The summed E-state index contributed by atoms with van der Waals surface area (Å²) in [5, 5.41) is 28.6. The molecule has 0 aliphatic rings. The zero-order valence-electron chi connectivity index (χ0n) is 6.82. The van der Waals surface area contributed by atoms with Crippen LogP contribution in [0.1, 0.15) is 6.42 Å². The Hall–Kier alpha value is -1.11. The minimum absolute atomic E-state index is 0. The number of hydrogen-bond donors (Lipinski definition) is 3. The maximum absolute atomic E-state index is 10.2. The van der Waals surface area contributed by atoms with E-state index < -0.39 is 36.9 Å². The van der Waals surface area contributed by atoms with E-state index in [-0.39, 0.29) is 17.1 Å². The van der Waals surface area contributed by atoms with Gasteiger partial charge in [0.25, 0.3) is 0 Å². The molecule has 0 fully saturated rings. The Kier molecular flexibility index (Phi) is 8.02. The van der Waals surface area contributed by atoms with Crippen molar-refractivity contribution in [3.8, 4) is 0 Å². The molecule has 0 radical (unpaired) electrons. The van der Waals surface area contributed by atoms with Crippen molar-refractivity contribution in [1.82, 2.24) is 5.32 Å². The van der Waals surface area contributed by atoms with Gasteiger partial charge in [-0.15, -0.1) is 0 Å². The first-order valence-corrected chi connectivity index (χ1v) is 3.31. The van der Waals surface area contributed by atoms with Crippen molar-refractivity contribution in [3.63, 3.8) is 0 Å². The van der Waals surface area contributed by atoms with Crippen LogP contribution in [-0.2, 0) is 31.5 Å². The van der Waals surface area contributed by atoms with Crippen LogP contribution in [0.15, 0.2) is 0 Å². The molecule has 7 nitrogen and oxygen atoms in total. The summed E-state index contributed by atoms with van der Waals surface area (Å²) in [6, 6.07) is -1.48. The van der Waals surface area contributed by atoms with Gasteiger partial charge in [-0.3, -0.25) is 14.9 Å². The van der Waals surface area contributed by atoms with Crippen LogP contribution >= 0.6 is 0 Å². The molecule has 0 spiro atoms. The fraction of sp³-hybridized carbons (Fsp3) is 0.500. The zero-order valence-corrected chi connectivity index (χ0v) is 7.76. The first-order chi connectivity index (χ1) is 5.93. The topological polar surface area (TPSA) is 127 Å². The quantitative estimate of drug-likeness (QED) is 0.438. The van der Waals surface area contributed by atoms with Crippen LogP contribution < -0.4 is 10.4 Å². The summed E-state index contributed by atoms with van der Waals surface area (Å²) in [6.45, 7) is -0.619. The number of rotatable bonds is 6. The van der Waals surface area contributed by atoms with Gasteiger partial charge in [-0.25, -0.2) is 0 Å². The molecule has 3 N–H and O–H groups in total. The number of hydrogen-bond acceptors (Lipinski definition) is 5. The van der Waals surface area contributed by atoms with Gasteiger partial charge in [-0.2, -0.15) is 0 Å². The monoisotopic (exact) mass is 253 g/mol. The van der Waals surface area contributed by atoms with Crippen molar-refractivity contribution in [3.05, 3.63) is 0 Å². The van der Waals surface area contributed by atoms with Gasteiger partial charge >= 0.3 is 29.0 Å². The molecular weight excluding hydrogens is 246 g/mol. The Morgan fingerprint density at radius 1 is 1.21 bits per heavy atom. The summed E-state index contributed by atoms with van der Waals surface area (Å²) < 4.78 is 0. The number of aliphatic carboxylic acids is 3. The fourth-order valence-electron chi connectivity index (χ4n) is 0.624. The van der Waals surface area contributed by atoms with Crippen molar-refractivity contribution in [2.45, 2.75) is 12.5 Å². The Morgan fingerprint density at radius 2 is 1.71 bits per heavy atom. The molecule has 0 aromatic carbocycles. The SMILES string of the molecule is O=C(O)CN[C@@H](CC(=O)O)C(=O)[O-].[Cu+]. The second-order valence-corrected chi connectivity index (χ2v) is 2.24. The van der Waals surface area contributed by atoms with Gasteiger partial charge in [0, 0.05) is 0 Å². The van der Waals surface area contributed by atoms with Crippen LogP contribution in [0.4, 0.5) is 0 Å². The third kappa shape index (κ3) is 7.53. The molecule has 0 heterocycles. The van der Waals surface area contributed by atoms with Crippen LogP contribution in [0.3, 0.4) is 0 Å². The summed E-state index contributed by atoms with van der Waals surface area (Å²) in [5.41, 5.74) is 0. The molecular formula is C6H8CuNO6. The number of nitrogens with one attached hydrogen (secondary N) is 1. The molecule has 14 heavy (non-hydrogen) atoms. The van der Waals surface area contributed by atoms with E-state index in [1.54, 1.807) is 0 Å².